The number of ether oxygens (including phenoxy) is 1. The van der Waals surface area contributed by atoms with Gasteiger partial charge in [0.05, 0.1) is 0 Å². The maximum absolute atomic E-state index is 14.4. The van der Waals surface area contributed by atoms with E-state index in [2.05, 4.69) is 19.1 Å². The molecule has 4 atom stereocenters. The number of benzene rings is 1. The van der Waals surface area contributed by atoms with Gasteiger partial charge in [0.25, 0.3) is 0 Å². The quantitative estimate of drug-likeness (QED) is 0.479. The molecule has 0 saturated heterocycles. The van der Waals surface area contributed by atoms with Crippen LogP contribution in [-0.2, 0) is 0 Å². The molecule has 1 unspecified atom stereocenters. The molecule has 1 aromatic rings. The van der Waals surface area contributed by atoms with Crippen LogP contribution in [0.1, 0.15) is 70.3 Å². The molecule has 1 aromatic carbocycles. The first-order valence-electron chi connectivity index (χ1n) is 10.5. The van der Waals surface area contributed by atoms with E-state index in [0.29, 0.717) is 5.92 Å². The van der Waals surface area contributed by atoms with Crippen molar-refractivity contribution in [3.05, 3.63) is 53.6 Å². The molecule has 2 aliphatic carbocycles. The highest BCUT2D eigenvalue weighted by atomic mass is 19.1. The van der Waals surface area contributed by atoms with Gasteiger partial charge in [-0.1, -0.05) is 31.2 Å². The molecule has 2 aliphatic rings. The van der Waals surface area contributed by atoms with Crippen molar-refractivity contribution >= 4 is 0 Å². The van der Waals surface area contributed by atoms with Gasteiger partial charge in [0.2, 0.25) is 0 Å². The standard InChI is InChI=1S/C24H32F2O/c1-3-5-7-17-8-9-19-14-20(11-10-18(19)13-17)21-15-22(25)24(23(26)16-21)27-12-6-4-2/h4-7,15-20H,3,8-14H2,1-2H3/b6-4+,7-5?/t17-,18-,19-,20?/m1/s1. The third-order valence-electron chi connectivity index (χ3n) is 6.35. The average molecular weight is 375 g/mol. The summed E-state index contributed by atoms with van der Waals surface area (Å²) < 4.78 is 34.0. The largest absolute Gasteiger partial charge is 0.483 e. The van der Waals surface area contributed by atoms with Crippen molar-refractivity contribution in [2.75, 3.05) is 6.61 Å². The minimum atomic E-state index is -0.579. The van der Waals surface area contributed by atoms with Crippen LogP contribution >= 0.6 is 0 Å². The molecular weight excluding hydrogens is 342 g/mol. The smallest absolute Gasteiger partial charge is 0.191 e. The molecule has 2 fully saturated rings. The molecule has 0 bridgehead atoms. The minimum Gasteiger partial charge on any atom is -0.483 e. The van der Waals surface area contributed by atoms with Crippen LogP contribution in [0, 0.1) is 29.4 Å². The van der Waals surface area contributed by atoms with Crippen LogP contribution in [-0.4, -0.2) is 6.61 Å². The van der Waals surface area contributed by atoms with Gasteiger partial charge in [0, 0.05) is 0 Å². The molecule has 1 nitrogen and oxygen atoms in total. The van der Waals surface area contributed by atoms with Gasteiger partial charge < -0.3 is 4.74 Å². The number of rotatable bonds is 6. The molecule has 0 amide bonds. The molecule has 0 heterocycles. The van der Waals surface area contributed by atoms with E-state index in [4.69, 9.17) is 4.74 Å². The van der Waals surface area contributed by atoms with Crippen molar-refractivity contribution in [2.24, 2.45) is 17.8 Å². The Bertz CT molecular complexity index is 656. The molecule has 0 aromatic heterocycles. The first-order chi connectivity index (χ1) is 13.1. The second-order valence-electron chi connectivity index (χ2n) is 8.13. The minimum absolute atomic E-state index is 0.185. The normalized spacial score (nSPS) is 28.6. The van der Waals surface area contributed by atoms with E-state index in [1.54, 1.807) is 12.2 Å². The second kappa shape index (κ2) is 9.52. The van der Waals surface area contributed by atoms with E-state index in [9.17, 15) is 8.78 Å². The summed E-state index contributed by atoms with van der Waals surface area (Å²) in [5.41, 5.74) is 0.801. The van der Waals surface area contributed by atoms with Gasteiger partial charge in [-0.05, 0) is 93.2 Å². The predicted octanol–water partition coefficient (Wildman–Crippen LogP) is 7.19. The van der Waals surface area contributed by atoms with Crippen molar-refractivity contribution in [3.63, 3.8) is 0 Å². The van der Waals surface area contributed by atoms with E-state index in [0.717, 1.165) is 36.7 Å². The van der Waals surface area contributed by atoms with Crippen LogP contribution in [0.5, 0.6) is 5.75 Å². The molecule has 0 radical (unpaired) electrons. The fourth-order valence-corrected chi connectivity index (χ4v) is 4.91. The van der Waals surface area contributed by atoms with Gasteiger partial charge in [0.1, 0.15) is 6.61 Å². The molecule has 2 saturated carbocycles. The fraction of sp³-hybridized carbons (Fsp3) is 0.583. The Labute approximate surface area is 162 Å². The maximum atomic E-state index is 14.4. The van der Waals surface area contributed by atoms with Crippen LogP contribution < -0.4 is 4.74 Å². The monoisotopic (exact) mass is 374 g/mol. The third-order valence-corrected chi connectivity index (χ3v) is 6.35. The molecule has 0 N–H and O–H groups in total. The summed E-state index contributed by atoms with van der Waals surface area (Å²) in [6.45, 7) is 4.22. The summed E-state index contributed by atoms with van der Waals surface area (Å²) in [4.78, 5) is 0. The van der Waals surface area contributed by atoms with E-state index in [-0.39, 0.29) is 18.3 Å². The maximum Gasteiger partial charge on any atom is 0.191 e. The summed E-state index contributed by atoms with van der Waals surface area (Å²) in [5.74, 6) is 1.06. The van der Waals surface area contributed by atoms with E-state index < -0.39 is 11.6 Å². The van der Waals surface area contributed by atoms with Gasteiger partial charge in [0.15, 0.2) is 17.4 Å². The Balaban J connectivity index is 1.64. The SMILES string of the molecule is C/C=C/COc1c(F)cc(C2CC[C@@H]3C[C@H](C=CCC)CC[C@@H]3C2)cc1F. The van der Waals surface area contributed by atoms with Crippen molar-refractivity contribution < 1.29 is 13.5 Å². The topological polar surface area (TPSA) is 9.23 Å². The number of hydrogen-bond acceptors (Lipinski definition) is 1. The van der Waals surface area contributed by atoms with Crippen LogP contribution in [0.15, 0.2) is 36.4 Å². The van der Waals surface area contributed by atoms with E-state index >= 15 is 0 Å². The lowest BCUT2D eigenvalue weighted by atomic mass is 9.64. The second-order valence-corrected chi connectivity index (χ2v) is 8.13. The molecule has 27 heavy (non-hydrogen) atoms. The number of hydrogen-bond donors (Lipinski definition) is 0. The molecular formula is C24H32F2O. The fourth-order valence-electron chi connectivity index (χ4n) is 4.91. The zero-order chi connectivity index (χ0) is 19.2. The Hall–Kier alpha value is -1.64. The van der Waals surface area contributed by atoms with Crippen LogP contribution in [0.25, 0.3) is 0 Å². The van der Waals surface area contributed by atoms with Gasteiger partial charge in [-0.15, -0.1) is 0 Å². The van der Waals surface area contributed by atoms with Crippen molar-refractivity contribution in [2.45, 2.75) is 64.7 Å². The Kier molecular flexibility index (Phi) is 7.09. The predicted molar refractivity (Wildman–Crippen MR) is 107 cm³/mol. The Morgan fingerprint density at radius 1 is 1.00 bits per heavy atom. The molecule has 0 spiro atoms. The van der Waals surface area contributed by atoms with Gasteiger partial charge in [-0.25, -0.2) is 8.78 Å². The molecule has 3 heteroatoms. The van der Waals surface area contributed by atoms with Crippen molar-refractivity contribution in [1.82, 2.24) is 0 Å². The zero-order valence-electron chi connectivity index (χ0n) is 16.6. The summed E-state index contributed by atoms with van der Waals surface area (Å²) in [6.07, 6.45) is 16.4. The van der Waals surface area contributed by atoms with Crippen molar-refractivity contribution in [1.29, 1.82) is 0 Å². The van der Waals surface area contributed by atoms with Gasteiger partial charge >= 0.3 is 0 Å². The Morgan fingerprint density at radius 3 is 2.41 bits per heavy atom. The lowest BCUT2D eigenvalue weighted by Gasteiger charge is -2.42. The third kappa shape index (κ3) is 5.00. The summed E-state index contributed by atoms with van der Waals surface area (Å²) >= 11 is 0. The lowest BCUT2D eigenvalue weighted by molar-refractivity contribution is 0.133. The van der Waals surface area contributed by atoms with Crippen LogP contribution in [0.4, 0.5) is 8.78 Å². The first kappa shape index (κ1) is 20.1. The Morgan fingerprint density at radius 2 is 1.70 bits per heavy atom. The van der Waals surface area contributed by atoms with Gasteiger partial charge in [-0.2, -0.15) is 0 Å². The molecule has 3 rings (SSSR count). The summed E-state index contributed by atoms with van der Waals surface area (Å²) in [6, 6.07) is 2.99. The molecule has 148 valence electrons. The number of allylic oxidation sites excluding steroid dienone is 3. The van der Waals surface area contributed by atoms with Crippen LogP contribution in [0.2, 0.25) is 0 Å². The first-order valence-corrected chi connectivity index (χ1v) is 10.5. The van der Waals surface area contributed by atoms with E-state index in [1.165, 1.54) is 37.8 Å². The summed E-state index contributed by atoms with van der Waals surface area (Å²) in [5, 5.41) is 0. The summed E-state index contributed by atoms with van der Waals surface area (Å²) in [7, 11) is 0. The van der Waals surface area contributed by atoms with E-state index in [1.807, 2.05) is 6.92 Å². The highest BCUT2D eigenvalue weighted by molar-refractivity contribution is 5.33. The number of fused-ring (bicyclic) bond motifs is 1. The average Bonchev–Trinajstić information content (AvgIpc) is 2.67. The highest BCUT2D eigenvalue weighted by Gasteiger charge is 2.35. The van der Waals surface area contributed by atoms with Crippen molar-refractivity contribution in [3.8, 4) is 5.75 Å². The molecule has 0 aliphatic heterocycles. The highest BCUT2D eigenvalue weighted by Crippen LogP contribution is 2.48. The lowest BCUT2D eigenvalue weighted by Crippen LogP contribution is -2.30. The van der Waals surface area contributed by atoms with Gasteiger partial charge in [-0.3, -0.25) is 0 Å². The number of halogens is 2. The zero-order valence-corrected chi connectivity index (χ0v) is 16.6. The van der Waals surface area contributed by atoms with Crippen LogP contribution in [0.3, 0.4) is 0 Å².